The molecule has 31 heavy (non-hydrogen) atoms. The molecule has 1 unspecified atom stereocenters. The number of carbonyl (C=O) groups excluding carboxylic acids is 1. The number of aliphatic carboxylic acids is 1. The van der Waals surface area contributed by atoms with Gasteiger partial charge in [-0.2, -0.15) is 8.78 Å². The number of thioether (sulfide) groups is 1. The Bertz CT molecular complexity index is 1020. The molecule has 168 valence electrons. The Balaban J connectivity index is 1.96. The molecule has 1 amide bonds. The number of carboxylic acids is 1. The van der Waals surface area contributed by atoms with Gasteiger partial charge in [-0.05, 0) is 48.9 Å². The summed E-state index contributed by atoms with van der Waals surface area (Å²) in [5, 5.41) is 5.22. The van der Waals surface area contributed by atoms with Crippen LogP contribution in [0.15, 0.2) is 50.1 Å². The largest absolute Gasteiger partial charge is 0.496 e. The topological polar surface area (TPSA) is 66.8 Å². The molecule has 1 aliphatic carbocycles. The number of hydrogen-bond donors (Lipinski definition) is 1. The van der Waals surface area contributed by atoms with Gasteiger partial charge < -0.3 is 14.7 Å². The van der Waals surface area contributed by atoms with E-state index in [9.17, 15) is 32.3 Å². The molecule has 1 aromatic heterocycles. The molecular formula is C19H16ClF4NO4S2. The number of rotatable bonds is 7. The lowest BCUT2D eigenvalue weighted by molar-refractivity contribution is -0.136. The Labute approximate surface area is 188 Å². The standard InChI is InChI=1S/C19H16ClF4NO4S2/c1-8-9(7-13(26)27)15-10(3-4-11(29-2)16(15)20)25(8)17(28)12-5-6-14(30-12)31-19(23,24)18(21)22/h4-6,10,18H,3,7H2,1-2H3,(H,26,27). The van der Waals surface area contributed by atoms with Crippen molar-refractivity contribution in [2.45, 2.75) is 41.7 Å². The second-order valence-electron chi connectivity index (χ2n) is 6.64. The molecule has 0 spiro atoms. The van der Waals surface area contributed by atoms with Crippen LogP contribution in [-0.4, -0.2) is 46.7 Å². The lowest BCUT2D eigenvalue weighted by atomic mass is 9.92. The molecule has 0 aromatic carbocycles. The first-order valence-electron chi connectivity index (χ1n) is 8.82. The Morgan fingerprint density at radius 1 is 1.42 bits per heavy atom. The number of halogens is 5. The summed E-state index contributed by atoms with van der Waals surface area (Å²) < 4.78 is 56.7. The highest BCUT2D eigenvalue weighted by molar-refractivity contribution is 8.02. The van der Waals surface area contributed by atoms with Crippen molar-refractivity contribution in [1.82, 2.24) is 4.90 Å². The summed E-state index contributed by atoms with van der Waals surface area (Å²) in [6.07, 6.45) is -2.25. The van der Waals surface area contributed by atoms with Crippen molar-refractivity contribution in [3.8, 4) is 0 Å². The zero-order chi connectivity index (χ0) is 23.1. The van der Waals surface area contributed by atoms with E-state index in [0.717, 1.165) is 0 Å². The van der Waals surface area contributed by atoms with Crippen molar-refractivity contribution in [3.63, 3.8) is 0 Å². The number of methoxy groups -OCH3 is 1. The zero-order valence-corrected chi connectivity index (χ0v) is 18.5. The van der Waals surface area contributed by atoms with Gasteiger partial charge in [-0.3, -0.25) is 9.59 Å². The van der Waals surface area contributed by atoms with Crippen molar-refractivity contribution < 1.29 is 37.0 Å². The smallest absolute Gasteiger partial charge is 0.358 e. The summed E-state index contributed by atoms with van der Waals surface area (Å²) in [5.74, 6) is -1.31. The van der Waals surface area contributed by atoms with Gasteiger partial charge in [-0.15, -0.1) is 11.3 Å². The molecule has 2 aliphatic rings. The first-order valence-corrected chi connectivity index (χ1v) is 10.8. The van der Waals surface area contributed by atoms with Gasteiger partial charge in [0.25, 0.3) is 5.91 Å². The summed E-state index contributed by atoms with van der Waals surface area (Å²) in [6.45, 7) is 1.58. The van der Waals surface area contributed by atoms with Crippen LogP contribution in [0, 0.1) is 0 Å². The van der Waals surface area contributed by atoms with Crippen LogP contribution in [-0.2, 0) is 9.53 Å². The molecule has 1 aliphatic heterocycles. The van der Waals surface area contributed by atoms with Gasteiger partial charge in [-0.1, -0.05) is 11.6 Å². The van der Waals surface area contributed by atoms with Gasteiger partial charge in [0.05, 0.1) is 33.7 Å². The number of ether oxygens (including phenoxy) is 1. The van der Waals surface area contributed by atoms with Gasteiger partial charge in [0.1, 0.15) is 5.76 Å². The van der Waals surface area contributed by atoms with Crippen LogP contribution in [0.3, 0.4) is 0 Å². The fourth-order valence-corrected chi connectivity index (χ4v) is 5.81. The highest BCUT2D eigenvalue weighted by Crippen LogP contribution is 2.47. The molecule has 0 bridgehead atoms. The number of hydrogen-bond acceptors (Lipinski definition) is 5. The molecule has 1 aromatic rings. The van der Waals surface area contributed by atoms with Gasteiger partial charge in [0.2, 0.25) is 0 Å². The predicted octanol–water partition coefficient (Wildman–Crippen LogP) is 5.70. The van der Waals surface area contributed by atoms with E-state index in [-0.39, 0.29) is 32.3 Å². The SMILES string of the molecule is COC1=CCC2C(=C1Cl)C(CC(=O)O)=C(C)N2C(=O)c1ccc(SC(F)(F)C(F)F)s1. The number of fused-ring (bicyclic) bond motifs is 1. The van der Waals surface area contributed by atoms with E-state index in [1.54, 1.807) is 13.0 Å². The number of carboxylic acid groups (broad SMARTS) is 1. The van der Waals surface area contributed by atoms with Crippen LogP contribution < -0.4 is 0 Å². The van der Waals surface area contributed by atoms with E-state index in [0.29, 0.717) is 40.4 Å². The van der Waals surface area contributed by atoms with Crippen LogP contribution in [0.1, 0.15) is 29.4 Å². The maximum atomic E-state index is 13.3. The van der Waals surface area contributed by atoms with Gasteiger partial charge >= 0.3 is 17.6 Å². The maximum absolute atomic E-state index is 13.3. The average molecular weight is 498 g/mol. The summed E-state index contributed by atoms with van der Waals surface area (Å²) in [7, 11) is 1.42. The number of alkyl halides is 4. The zero-order valence-electron chi connectivity index (χ0n) is 16.1. The molecule has 12 heteroatoms. The Morgan fingerprint density at radius 2 is 2.10 bits per heavy atom. The minimum absolute atomic E-state index is 0.0560. The van der Waals surface area contributed by atoms with E-state index >= 15 is 0 Å². The van der Waals surface area contributed by atoms with Crippen LogP contribution in [0.4, 0.5) is 17.6 Å². The van der Waals surface area contributed by atoms with Crippen molar-refractivity contribution in [2.24, 2.45) is 0 Å². The molecule has 0 fully saturated rings. The summed E-state index contributed by atoms with van der Waals surface area (Å²) in [4.78, 5) is 26.0. The lowest BCUT2D eigenvalue weighted by Crippen LogP contribution is -2.36. The summed E-state index contributed by atoms with van der Waals surface area (Å²) in [6, 6.07) is 1.87. The highest BCUT2D eigenvalue weighted by atomic mass is 35.5. The molecule has 0 saturated carbocycles. The molecule has 1 N–H and O–H groups in total. The molecule has 0 saturated heterocycles. The fourth-order valence-electron chi connectivity index (χ4n) is 3.48. The third-order valence-electron chi connectivity index (χ3n) is 4.80. The maximum Gasteiger partial charge on any atom is 0.358 e. The molecule has 0 radical (unpaired) electrons. The minimum atomic E-state index is -4.28. The first kappa shape index (κ1) is 23.7. The van der Waals surface area contributed by atoms with Gasteiger partial charge in [0, 0.05) is 11.3 Å². The average Bonchev–Trinajstić information content (AvgIpc) is 3.24. The highest BCUT2D eigenvalue weighted by Gasteiger charge is 2.44. The van der Waals surface area contributed by atoms with Crippen molar-refractivity contribution >= 4 is 46.6 Å². The molecule has 3 rings (SSSR count). The number of amides is 1. The molecular weight excluding hydrogens is 482 g/mol. The van der Waals surface area contributed by atoms with E-state index in [1.165, 1.54) is 24.1 Å². The number of nitrogens with zero attached hydrogens (tertiary/aromatic N) is 1. The molecule has 2 heterocycles. The van der Waals surface area contributed by atoms with E-state index in [4.69, 9.17) is 16.3 Å². The normalized spacial score (nSPS) is 19.2. The second-order valence-corrected chi connectivity index (χ2v) is 9.55. The van der Waals surface area contributed by atoms with Crippen molar-refractivity contribution in [2.75, 3.05) is 7.11 Å². The first-order chi connectivity index (χ1) is 14.5. The van der Waals surface area contributed by atoms with E-state index in [1.807, 2.05) is 0 Å². The molecule has 5 nitrogen and oxygen atoms in total. The summed E-state index contributed by atoms with van der Waals surface area (Å²) >= 11 is 6.77. The molecule has 1 atom stereocenters. The Hall–Kier alpha value is -1.98. The van der Waals surface area contributed by atoms with E-state index in [2.05, 4.69) is 0 Å². The third-order valence-corrected chi connectivity index (χ3v) is 7.34. The van der Waals surface area contributed by atoms with Crippen molar-refractivity contribution in [3.05, 3.63) is 50.7 Å². The summed E-state index contributed by atoms with van der Waals surface area (Å²) in [5.41, 5.74) is 1.20. The van der Waals surface area contributed by atoms with E-state index < -0.39 is 29.6 Å². The Kier molecular flexibility index (Phi) is 6.78. The van der Waals surface area contributed by atoms with Crippen LogP contribution >= 0.6 is 34.7 Å². The fraction of sp³-hybridized carbons (Fsp3) is 0.368. The second kappa shape index (κ2) is 8.87. The minimum Gasteiger partial charge on any atom is -0.496 e. The third kappa shape index (κ3) is 4.49. The predicted molar refractivity (Wildman–Crippen MR) is 109 cm³/mol. The lowest BCUT2D eigenvalue weighted by Gasteiger charge is -2.29. The van der Waals surface area contributed by atoms with Crippen LogP contribution in [0.25, 0.3) is 0 Å². The quantitative estimate of drug-likeness (QED) is 0.387. The van der Waals surface area contributed by atoms with Crippen LogP contribution in [0.5, 0.6) is 0 Å². The van der Waals surface area contributed by atoms with Gasteiger partial charge in [-0.25, -0.2) is 8.78 Å². The van der Waals surface area contributed by atoms with Gasteiger partial charge in [0.15, 0.2) is 0 Å². The Morgan fingerprint density at radius 3 is 2.68 bits per heavy atom. The van der Waals surface area contributed by atoms with Crippen LogP contribution in [0.2, 0.25) is 0 Å². The van der Waals surface area contributed by atoms with Crippen molar-refractivity contribution in [1.29, 1.82) is 0 Å². The number of carbonyl (C=O) groups is 2. The monoisotopic (exact) mass is 497 g/mol. The number of allylic oxidation sites excluding steroid dienone is 2. The number of thiophene rings is 1.